The SMILES string of the molecule is O=C(Cc1ccccc1)N1CCOC2(CCN(C3CCOC3)CC2)C1. The van der Waals surface area contributed by atoms with Crippen molar-refractivity contribution in [3.05, 3.63) is 35.9 Å². The van der Waals surface area contributed by atoms with Gasteiger partial charge in [-0.15, -0.1) is 0 Å². The number of hydrogen-bond acceptors (Lipinski definition) is 4. The lowest BCUT2D eigenvalue weighted by Crippen LogP contribution is -2.59. The predicted octanol–water partition coefficient (Wildman–Crippen LogP) is 1.71. The van der Waals surface area contributed by atoms with Crippen LogP contribution in [0.5, 0.6) is 0 Å². The second kappa shape index (κ2) is 7.44. The van der Waals surface area contributed by atoms with Gasteiger partial charge >= 0.3 is 0 Å². The van der Waals surface area contributed by atoms with Gasteiger partial charge < -0.3 is 14.4 Å². The Balaban J connectivity index is 1.34. The van der Waals surface area contributed by atoms with Crippen LogP contribution in [-0.4, -0.2) is 73.3 Å². The van der Waals surface area contributed by atoms with Crippen molar-refractivity contribution in [2.24, 2.45) is 0 Å². The Bertz CT molecular complexity index is 578. The van der Waals surface area contributed by atoms with Crippen LogP contribution in [0.25, 0.3) is 0 Å². The first-order chi connectivity index (χ1) is 12.2. The molecule has 1 amide bonds. The summed E-state index contributed by atoms with van der Waals surface area (Å²) in [5, 5.41) is 0. The minimum atomic E-state index is -0.138. The highest BCUT2D eigenvalue weighted by molar-refractivity contribution is 5.79. The van der Waals surface area contributed by atoms with E-state index in [9.17, 15) is 4.79 Å². The van der Waals surface area contributed by atoms with E-state index >= 15 is 0 Å². The molecule has 0 aliphatic carbocycles. The molecule has 5 heteroatoms. The molecule has 1 aromatic carbocycles. The van der Waals surface area contributed by atoms with Gasteiger partial charge in [0.1, 0.15) is 0 Å². The monoisotopic (exact) mass is 344 g/mol. The molecule has 3 aliphatic heterocycles. The molecule has 1 spiro atoms. The molecule has 3 fully saturated rings. The zero-order valence-electron chi connectivity index (χ0n) is 14.9. The number of likely N-dealkylation sites (tertiary alicyclic amines) is 1. The Morgan fingerprint density at radius 1 is 1.12 bits per heavy atom. The molecule has 4 rings (SSSR count). The number of ether oxygens (including phenoxy) is 2. The number of hydrogen-bond donors (Lipinski definition) is 0. The third kappa shape index (κ3) is 3.89. The van der Waals surface area contributed by atoms with E-state index < -0.39 is 0 Å². The van der Waals surface area contributed by atoms with Crippen LogP contribution in [0.3, 0.4) is 0 Å². The summed E-state index contributed by atoms with van der Waals surface area (Å²) >= 11 is 0. The number of piperidine rings is 1. The molecule has 0 aromatic heterocycles. The largest absolute Gasteiger partial charge is 0.380 e. The van der Waals surface area contributed by atoms with Gasteiger partial charge in [-0.1, -0.05) is 30.3 Å². The molecule has 0 N–H and O–H groups in total. The van der Waals surface area contributed by atoms with Crippen LogP contribution in [-0.2, 0) is 20.7 Å². The van der Waals surface area contributed by atoms with Gasteiger partial charge in [-0.25, -0.2) is 0 Å². The number of carbonyl (C=O) groups excluding carboxylic acids is 1. The molecule has 136 valence electrons. The highest BCUT2D eigenvalue weighted by Crippen LogP contribution is 2.32. The van der Waals surface area contributed by atoms with Gasteiger partial charge in [-0.05, 0) is 24.8 Å². The summed E-state index contributed by atoms with van der Waals surface area (Å²) in [6.07, 6.45) is 3.66. The number of morpholine rings is 1. The van der Waals surface area contributed by atoms with Crippen molar-refractivity contribution in [3.8, 4) is 0 Å². The first-order valence-corrected chi connectivity index (χ1v) is 9.52. The van der Waals surface area contributed by atoms with Crippen molar-refractivity contribution in [2.75, 3.05) is 46.0 Å². The second-order valence-corrected chi connectivity index (χ2v) is 7.56. The number of benzene rings is 1. The van der Waals surface area contributed by atoms with Gasteiger partial charge in [0.2, 0.25) is 5.91 Å². The molecule has 3 heterocycles. The maximum Gasteiger partial charge on any atom is 0.227 e. The van der Waals surface area contributed by atoms with Crippen molar-refractivity contribution >= 4 is 5.91 Å². The van der Waals surface area contributed by atoms with Crippen LogP contribution < -0.4 is 0 Å². The second-order valence-electron chi connectivity index (χ2n) is 7.56. The number of carbonyl (C=O) groups is 1. The molecule has 0 bridgehead atoms. The number of nitrogens with zero attached hydrogens (tertiary/aromatic N) is 2. The summed E-state index contributed by atoms with van der Waals surface area (Å²) in [6, 6.07) is 10.6. The molecule has 3 saturated heterocycles. The van der Waals surface area contributed by atoms with E-state index in [1.165, 1.54) is 0 Å². The Hall–Kier alpha value is -1.43. The summed E-state index contributed by atoms with van der Waals surface area (Å²) in [5.41, 5.74) is 0.949. The highest BCUT2D eigenvalue weighted by Gasteiger charge is 2.42. The quantitative estimate of drug-likeness (QED) is 0.837. The fourth-order valence-corrected chi connectivity index (χ4v) is 4.35. The summed E-state index contributed by atoms with van der Waals surface area (Å²) in [4.78, 5) is 17.3. The van der Waals surface area contributed by atoms with Gasteiger partial charge in [-0.3, -0.25) is 9.69 Å². The molecule has 1 aromatic rings. The molecule has 0 radical (unpaired) electrons. The maximum atomic E-state index is 12.7. The number of rotatable bonds is 3. The van der Waals surface area contributed by atoms with Gasteiger partial charge in [-0.2, -0.15) is 0 Å². The zero-order valence-corrected chi connectivity index (χ0v) is 14.9. The van der Waals surface area contributed by atoms with Crippen LogP contribution in [0.2, 0.25) is 0 Å². The number of amides is 1. The van der Waals surface area contributed by atoms with Crippen molar-refractivity contribution < 1.29 is 14.3 Å². The van der Waals surface area contributed by atoms with Crippen LogP contribution >= 0.6 is 0 Å². The first kappa shape index (κ1) is 17.0. The van der Waals surface area contributed by atoms with Gasteiger partial charge in [0, 0.05) is 38.8 Å². The molecule has 3 aliphatic rings. The molecule has 25 heavy (non-hydrogen) atoms. The summed E-state index contributed by atoms with van der Waals surface area (Å²) in [6.45, 7) is 5.98. The summed E-state index contributed by atoms with van der Waals surface area (Å²) < 4.78 is 11.7. The fraction of sp³-hybridized carbons (Fsp3) is 0.650. The highest BCUT2D eigenvalue weighted by atomic mass is 16.5. The lowest BCUT2D eigenvalue weighted by atomic mass is 9.88. The van der Waals surface area contributed by atoms with E-state index in [-0.39, 0.29) is 11.5 Å². The normalized spacial score (nSPS) is 26.9. The predicted molar refractivity (Wildman–Crippen MR) is 95.4 cm³/mol. The first-order valence-electron chi connectivity index (χ1n) is 9.52. The lowest BCUT2D eigenvalue weighted by Gasteiger charge is -2.48. The molecular formula is C20H28N2O3. The van der Waals surface area contributed by atoms with E-state index in [0.29, 0.717) is 25.6 Å². The van der Waals surface area contributed by atoms with Gasteiger partial charge in [0.15, 0.2) is 0 Å². The molecule has 1 atom stereocenters. The molecule has 1 unspecified atom stereocenters. The minimum Gasteiger partial charge on any atom is -0.380 e. The Morgan fingerprint density at radius 3 is 2.64 bits per heavy atom. The average Bonchev–Trinajstić information content (AvgIpc) is 3.18. The smallest absolute Gasteiger partial charge is 0.227 e. The minimum absolute atomic E-state index is 0.138. The molecule has 0 saturated carbocycles. The zero-order chi connectivity index (χ0) is 17.1. The Morgan fingerprint density at radius 2 is 1.92 bits per heavy atom. The van der Waals surface area contributed by atoms with Crippen molar-refractivity contribution in [1.29, 1.82) is 0 Å². The van der Waals surface area contributed by atoms with Crippen molar-refractivity contribution in [3.63, 3.8) is 0 Å². The third-order valence-electron chi connectivity index (χ3n) is 5.93. The van der Waals surface area contributed by atoms with E-state index in [1.54, 1.807) is 0 Å². The van der Waals surface area contributed by atoms with Crippen LogP contribution in [0, 0.1) is 0 Å². The summed E-state index contributed by atoms with van der Waals surface area (Å²) in [7, 11) is 0. The van der Waals surface area contributed by atoms with E-state index in [1.807, 2.05) is 35.2 Å². The van der Waals surface area contributed by atoms with E-state index in [4.69, 9.17) is 9.47 Å². The van der Waals surface area contributed by atoms with E-state index in [2.05, 4.69) is 4.90 Å². The van der Waals surface area contributed by atoms with Crippen LogP contribution in [0.1, 0.15) is 24.8 Å². The average molecular weight is 344 g/mol. The third-order valence-corrected chi connectivity index (χ3v) is 5.93. The molecular weight excluding hydrogens is 316 g/mol. The van der Waals surface area contributed by atoms with E-state index in [0.717, 1.165) is 57.7 Å². The lowest BCUT2D eigenvalue weighted by molar-refractivity contribution is -0.160. The van der Waals surface area contributed by atoms with Gasteiger partial charge in [0.25, 0.3) is 0 Å². The van der Waals surface area contributed by atoms with Crippen molar-refractivity contribution in [2.45, 2.75) is 37.3 Å². The van der Waals surface area contributed by atoms with Crippen LogP contribution in [0.4, 0.5) is 0 Å². The molecule has 5 nitrogen and oxygen atoms in total. The Kier molecular flexibility index (Phi) is 5.06. The fourth-order valence-electron chi connectivity index (χ4n) is 4.35. The van der Waals surface area contributed by atoms with Crippen molar-refractivity contribution in [1.82, 2.24) is 9.80 Å². The standard InChI is InChI=1S/C20H28N2O3/c23-19(14-17-4-2-1-3-5-17)22-11-13-25-20(16-22)7-9-21(10-8-20)18-6-12-24-15-18/h1-5,18H,6-16H2. The Labute approximate surface area is 149 Å². The summed E-state index contributed by atoms with van der Waals surface area (Å²) in [5.74, 6) is 0.223. The van der Waals surface area contributed by atoms with Crippen LogP contribution in [0.15, 0.2) is 30.3 Å². The topological polar surface area (TPSA) is 42.0 Å². The van der Waals surface area contributed by atoms with Gasteiger partial charge in [0.05, 0.1) is 25.2 Å². The maximum absolute atomic E-state index is 12.7.